The molecule has 9 heteroatoms. The zero-order valence-corrected chi connectivity index (χ0v) is 26.2. The third-order valence-electron chi connectivity index (χ3n) is 7.70. The number of nitrogens with zero attached hydrogens (tertiary/aromatic N) is 2. The molecule has 45 heavy (non-hydrogen) atoms. The Hall–Kier alpha value is -5.15. The predicted molar refractivity (Wildman–Crippen MR) is 175 cm³/mol. The van der Waals surface area contributed by atoms with Gasteiger partial charge in [0, 0.05) is 0 Å². The summed E-state index contributed by atoms with van der Waals surface area (Å²) in [6.07, 6.45) is 1.80. The van der Waals surface area contributed by atoms with E-state index in [1.54, 1.807) is 50.8 Å². The molecule has 5 aromatic rings. The van der Waals surface area contributed by atoms with Gasteiger partial charge >= 0.3 is 5.97 Å². The van der Waals surface area contributed by atoms with E-state index in [1.807, 2.05) is 48.5 Å². The Morgan fingerprint density at radius 1 is 0.956 bits per heavy atom. The molecule has 1 aliphatic heterocycles. The molecule has 228 valence electrons. The fraction of sp³-hybridized carbons (Fsp3) is 0.194. The van der Waals surface area contributed by atoms with Crippen molar-refractivity contribution in [3.63, 3.8) is 0 Å². The van der Waals surface area contributed by atoms with Gasteiger partial charge in [-0.3, -0.25) is 9.36 Å². The third kappa shape index (κ3) is 5.86. The normalized spacial score (nSPS) is 14.6. The lowest BCUT2D eigenvalue weighted by molar-refractivity contribution is -0.139. The summed E-state index contributed by atoms with van der Waals surface area (Å²) in [6.45, 7) is 4.10. The molecule has 0 saturated heterocycles. The zero-order valence-electron chi connectivity index (χ0n) is 25.4. The third-order valence-corrected chi connectivity index (χ3v) is 8.68. The van der Waals surface area contributed by atoms with Crippen molar-refractivity contribution in [2.45, 2.75) is 26.5 Å². The minimum absolute atomic E-state index is 0.207. The van der Waals surface area contributed by atoms with Crippen molar-refractivity contribution in [3.8, 4) is 17.2 Å². The summed E-state index contributed by atoms with van der Waals surface area (Å²) in [4.78, 5) is 32.3. The van der Waals surface area contributed by atoms with Gasteiger partial charge in [0.1, 0.15) is 12.4 Å². The van der Waals surface area contributed by atoms with Gasteiger partial charge in [0.15, 0.2) is 16.3 Å². The molecule has 0 aliphatic carbocycles. The predicted octanol–water partition coefficient (Wildman–Crippen LogP) is 5.55. The number of ether oxygens (including phenoxy) is 4. The number of carbonyl (C=O) groups excluding carboxylic acids is 1. The Bertz CT molecular complexity index is 2110. The average molecular weight is 621 g/mol. The Kier molecular flexibility index (Phi) is 8.53. The number of benzene rings is 4. The van der Waals surface area contributed by atoms with Crippen LogP contribution in [0.5, 0.6) is 17.2 Å². The molecule has 8 nitrogen and oxygen atoms in total. The van der Waals surface area contributed by atoms with E-state index < -0.39 is 12.0 Å². The maximum absolute atomic E-state index is 14.0. The van der Waals surface area contributed by atoms with Gasteiger partial charge in [-0.2, -0.15) is 0 Å². The van der Waals surface area contributed by atoms with Crippen molar-refractivity contribution < 1.29 is 23.7 Å². The van der Waals surface area contributed by atoms with Gasteiger partial charge in [0.2, 0.25) is 0 Å². The zero-order chi connectivity index (χ0) is 31.5. The van der Waals surface area contributed by atoms with Crippen LogP contribution in [0.15, 0.2) is 106 Å². The summed E-state index contributed by atoms with van der Waals surface area (Å²) in [7, 11) is 3.18. The van der Waals surface area contributed by atoms with Gasteiger partial charge in [-0.1, -0.05) is 72.0 Å². The van der Waals surface area contributed by atoms with Crippen LogP contribution < -0.4 is 29.1 Å². The van der Waals surface area contributed by atoms with E-state index in [2.05, 4.69) is 29.3 Å². The van der Waals surface area contributed by atoms with E-state index >= 15 is 0 Å². The van der Waals surface area contributed by atoms with Gasteiger partial charge in [0.05, 0.1) is 42.7 Å². The molecule has 0 saturated carbocycles. The van der Waals surface area contributed by atoms with Gasteiger partial charge in [-0.25, -0.2) is 9.79 Å². The molecule has 4 aromatic carbocycles. The van der Waals surface area contributed by atoms with E-state index in [9.17, 15) is 9.59 Å². The molecule has 1 atom stereocenters. The number of hydrogen-bond acceptors (Lipinski definition) is 8. The molecule has 0 N–H and O–H groups in total. The van der Waals surface area contributed by atoms with Gasteiger partial charge in [-0.15, -0.1) is 0 Å². The van der Waals surface area contributed by atoms with Crippen molar-refractivity contribution >= 4 is 34.2 Å². The Balaban J connectivity index is 1.36. The lowest BCUT2D eigenvalue weighted by atomic mass is 9.96. The highest BCUT2D eigenvalue weighted by Crippen LogP contribution is 2.32. The summed E-state index contributed by atoms with van der Waals surface area (Å²) in [5, 5.41) is 2.29. The first-order chi connectivity index (χ1) is 21.9. The van der Waals surface area contributed by atoms with Crippen LogP contribution in [-0.4, -0.2) is 31.4 Å². The Labute approximate surface area is 264 Å². The van der Waals surface area contributed by atoms with Crippen LogP contribution in [0.25, 0.3) is 16.8 Å². The summed E-state index contributed by atoms with van der Waals surface area (Å²) in [5.74, 6) is 1.31. The summed E-state index contributed by atoms with van der Waals surface area (Å²) in [6, 6.07) is 26.5. The van der Waals surface area contributed by atoms with E-state index in [4.69, 9.17) is 18.9 Å². The van der Waals surface area contributed by atoms with Crippen molar-refractivity contribution in [1.82, 2.24) is 4.57 Å². The Morgan fingerprint density at radius 2 is 1.73 bits per heavy atom. The molecule has 0 fully saturated rings. The van der Waals surface area contributed by atoms with Crippen LogP contribution in [0.4, 0.5) is 0 Å². The standard InChI is InChI=1S/C36H32N2O6S/c1-5-43-35(40)32-22(2)37-36-38(33(32)25-14-16-27(41-3)17-15-25)34(39)31(45-36)20-23-13-18-29(30(19-23)42-4)44-21-26-11-8-10-24-9-6-7-12-28(24)26/h6-20,33H,5,21H2,1-4H3/b31-20-/t33-/m1/s1. The summed E-state index contributed by atoms with van der Waals surface area (Å²) < 4.78 is 24.6. The molecule has 2 heterocycles. The van der Waals surface area contributed by atoms with Crippen LogP contribution in [-0.2, 0) is 16.1 Å². The molecule has 0 spiro atoms. The SMILES string of the molecule is CCOC(=O)C1=C(C)N=c2s/c(=C\c3ccc(OCc4cccc5ccccc45)c(OC)c3)c(=O)n2[C@@H]1c1ccc(OC)cc1. The molecular weight excluding hydrogens is 588 g/mol. The van der Waals surface area contributed by atoms with E-state index in [1.165, 1.54) is 11.3 Å². The molecule has 1 aromatic heterocycles. The number of aromatic nitrogens is 1. The fourth-order valence-corrected chi connectivity index (χ4v) is 6.56. The highest BCUT2D eigenvalue weighted by atomic mass is 32.1. The van der Waals surface area contributed by atoms with Crippen LogP contribution >= 0.6 is 11.3 Å². The number of carbonyl (C=O) groups is 1. The van der Waals surface area contributed by atoms with Gasteiger partial charge in [-0.05, 0) is 71.7 Å². The van der Waals surface area contributed by atoms with E-state index in [-0.39, 0.29) is 12.2 Å². The van der Waals surface area contributed by atoms with Crippen LogP contribution in [0.2, 0.25) is 0 Å². The van der Waals surface area contributed by atoms with Gasteiger partial charge < -0.3 is 18.9 Å². The minimum atomic E-state index is -0.701. The topological polar surface area (TPSA) is 88.4 Å². The first-order valence-electron chi connectivity index (χ1n) is 14.5. The Morgan fingerprint density at radius 3 is 2.49 bits per heavy atom. The van der Waals surface area contributed by atoms with Gasteiger partial charge in [0.25, 0.3) is 5.56 Å². The molecule has 6 rings (SSSR count). The molecule has 0 bridgehead atoms. The number of esters is 1. The molecular formula is C36H32N2O6S. The lowest BCUT2D eigenvalue weighted by Gasteiger charge is -2.24. The molecule has 0 unspecified atom stereocenters. The van der Waals surface area contributed by atoms with Crippen molar-refractivity contribution in [2.24, 2.45) is 4.99 Å². The highest BCUT2D eigenvalue weighted by molar-refractivity contribution is 7.07. The lowest BCUT2D eigenvalue weighted by Crippen LogP contribution is -2.39. The maximum Gasteiger partial charge on any atom is 0.338 e. The van der Waals surface area contributed by atoms with Crippen LogP contribution in [0.1, 0.15) is 36.6 Å². The van der Waals surface area contributed by atoms with Crippen LogP contribution in [0, 0.1) is 0 Å². The number of thiazole rings is 1. The van der Waals surface area contributed by atoms with Crippen molar-refractivity contribution in [2.75, 3.05) is 20.8 Å². The first-order valence-corrected chi connectivity index (χ1v) is 15.3. The highest BCUT2D eigenvalue weighted by Gasteiger charge is 2.33. The number of rotatable bonds is 9. The second-order valence-corrected chi connectivity index (χ2v) is 11.4. The molecule has 0 amide bonds. The fourth-order valence-electron chi connectivity index (χ4n) is 5.51. The quantitative estimate of drug-likeness (QED) is 0.201. The largest absolute Gasteiger partial charge is 0.497 e. The number of methoxy groups -OCH3 is 2. The summed E-state index contributed by atoms with van der Waals surface area (Å²) >= 11 is 1.27. The first kappa shape index (κ1) is 29.9. The minimum Gasteiger partial charge on any atom is -0.497 e. The second kappa shape index (κ2) is 12.8. The molecule has 1 aliphatic rings. The number of allylic oxidation sites excluding steroid dienone is 1. The number of hydrogen-bond donors (Lipinski definition) is 0. The van der Waals surface area contributed by atoms with Crippen molar-refractivity contribution in [3.05, 3.63) is 133 Å². The van der Waals surface area contributed by atoms with E-state index in [0.29, 0.717) is 44.5 Å². The van der Waals surface area contributed by atoms with Crippen LogP contribution in [0.3, 0.4) is 0 Å². The van der Waals surface area contributed by atoms with Crippen molar-refractivity contribution in [1.29, 1.82) is 0 Å². The monoisotopic (exact) mass is 620 g/mol. The maximum atomic E-state index is 14.0. The average Bonchev–Trinajstić information content (AvgIpc) is 3.36. The van der Waals surface area contributed by atoms with E-state index in [0.717, 1.165) is 27.5 Å². The number of fused-ring (bicyclic) bond motifs is 2. The second-order valence-electron chi connectivity index (χ2n) is 10.4. The summed E-state index contributed by atoms with van der Waals surface area (Å²) in [5.41, 5.74) is 3.16. The smallest absolute Gasteiger partial charge is 0.338 e. The molecule has 0 radical (unpaired) electrons.